The van der Waals surface area contributed by atoms with E-state index < -0.39 is 0 Å². The van der Waals surface area contributed by atoms with Crippen LogP contribution in [-0.4, -0.2) is 42.8 Å². The number of hydrogen-bond donors (Lipinski definition) is 1. The van der Waals surface area contributed by atoms with Crippen molar-refractivity contribution in [3.05, 3.63) is 76.1 Å². The first-order valence-electron chi connectivity index (χ1n) is 9.87. The predicted octanol–water partition coefficient (Wildman–Crippen LogP) is 4.75. The van der Waals surface area contributed by atoms with Gasteiger partial charge in [0, 0.05) is 29.5 Å². The van der Waals surface area contributed by atoms with E-state index >= 15 is 0 Å². The molecule has 158 valence electrons. The van der Waals surface area contributed by atoms with Gasteiger partial charge in [0.1, 0.15) is 6.61 Å². The number of anilines is 1. The molecule has 3 rings (SSSR count). The number of hydrogen-bond acceptors (Lipinski definition) is 5. The van der Waals surface area contributed by atoms with Crippen molar-refractivity contribution in [3.8, 4) is 5.88 Å². The van der Waals surface area contributed by atoms with Gasteiger partial charge >= 0.3 is 6.03 Å². The first-order valence-corrected chi connectivity index (χ1v) is 10.7. The minimum Gasteiger partial charge on any atom is -0.475 e. The Morgan fingerprint density at radius 1 is 1.10 bits per heavy atom. The third-order valence-corrected chi connectivity index (χ3v) is 5.45. The molecule has 30 heavy (non-hydrogen) atoms. The Labute approximate surface area is 181 Å². The van der Waals surface area contributed by atoms with E-state index in [1.54, 1.807) is 36.8 Å². The second-order valence-corrected chi connectivity index (χ2v) is 8.20. The van der Waals surface area contributed by atoms with Crippen molar-refractivity contribution in [3.63, 3.8) is 0 Å². The van der Waals surface area contributed by atoms with Gasteiger partial charge in [0.25, 0.3) is 0 Å². The van der Waals surface area contributed by atoms with Crippen molar-refractivity contribution in [1.82, 2.24) is 9.88 Å². The number of benzene rings is 1. The van der Waals surface area contributed by atoms with Crippen LogP contribution in [0.15, 0.2) is 60.8 Å². The number of amides is 2. The molecule has 2 aromatic heterocycles. The van der Waals surface area contributed by atoms with Gasteiger partial charge in [-0.2, -0.15) is 0 Å². The summed E-state index contributed by atoms with van der Waals surface area (Å²) in [5, 5.41) is 2.95. The third-order valence-electron chi connectivity index (χ3n) is 4.47. The summed E-state index contributed by atoms with van der Waals surface area (Å²) in [6, 6.07) is 17.7. The first kappa shape index (κ1) is 21.8. The van der Waals surface area contributed by atoms with Crippen molar-refractivity contribution in [2.24, 2.45) is 0 Å². The van der Waals surface area contributed by atoms with Crippen LogP contribution in [0.4, 0.5) is 10.5 Å². The van der Waals surface area contributed by atoms with E-state index in [9.17, 15) is 4.79 Å². The van der Waals surface area contributed by atoms with Gasteiger partial charge in [-0.1, -0.05) is 30.3 Å². The number of methoxy groups -OCH3 is 1. The molecule has 1 aromatic carbocycles. The van der Waals surface area contributed by atoms with E-state index in [0.29, 0.717) is 37.9 Å². The zero-order valence-electron chi connectivity index (χ0n) is 17.3. The molecule has 7 heteroatoms. The number of pyridine rings is 1. The lowest BCUT2D eigenvalue weighted by Crippen LogP contribution is -2.35. The number of ether oxygens (including phenoxy) is 2. The van der Waals surface area contributed by atoms with Crippen LogP contribution in [0.5, 0.6) is 5.88 Å². The summed E-state index contributed by atoms with van der Waals surface area (Å²) in [5.74, 6) is 0.500. The maximum absolute atomic E-state index is 13.0. The molecule has 0 aliphatic rings. The molecule has 0 unspecified atom stereocenters. The van der Waals surface area contributed by atoms with Gasteiger partial charge in [-0.25, -0.2) is 9.78 Å². The molecule has 0 saturated heterocycles. The molecule has 0 radical (unpaired) electrons. The van der Waals surface area contributed by atoms with Crippen LogP contribution < -0.4 is 10.1 Å². The second-order valence-electron chi connectivity index (χ2n) is 6.83. The Bertz CT molecular complexity index is 913. The Morgan fingerprint density at radius 2 is 1.93 bits per heavy atom. The molecular formula is C23H27N3O3S. The van der Waals surface area contributed by atoms with Crippen LogP contribution in [0.1, 0.15) is 15.3 Å². The minimum atomic E-state index is -0.146. The van der Waals surface area contributed by atoms with E-state index in [4.69, 9.17) is 9.47 Å². The average Bonchev–Trinajstić information content (AvgIpc) is 3.18. The quantitative estimate of drug-likeness (QED) is 0.476. The Morgan fingerprint density at radius 3 is 2.60 bits per heavy atom. The monoisotopic (exact) mass is 425 g/mol. The fourth-order valence-corrected chi connectivity index (χ4v) is 3.80. The highest BCUT2D eigenvalue weighted by atomic mass is 32.1. The standard InChI is InChI=1S/C23H27N3O3S/c1-18-8-10-21(30-18)17-26(13-12-19-6-4-3-5-7-19)23(27)25-20-9-11-22(24-16-20)29-15-14-28-2/h3-11,16H,12-15,17H2,1-2H3,(H,25,27). The maximum Gasteiger partial charge on any atom is 0.322 e. The number of aryl methyl sites for hydroxylation is 1. The molecule has 0 spiro atoms. The summed E-state index contributed by atoms with van der Waals surface area (Å²) in [5.41, 5.74) is 1.84. The summed E-state index contributed by atoms with van der Waals surface area (Å²) in [6.07, 6.45) is 2.40. The lowest BCUT2D eigenvalue weighted by molar-refractivity contribution is 0.144. The van der Waals surface area contributed by atoms with Crippen LogP contribution in [0.2, 0.25) is 0 Å². The van der Waals surface area contributed by atoms with E-state index in [1.807, 2.05) is 23.1 Å². The van der Waals surface area contributed by atoms with Gasteiger partial charge in [-0.15, -0.1) is 11.3 Å². The number of thiophene rings is 1. The Hall–Kier alpha value is -2.90. The van der Waals surface area contributed by atoms with Gasteiger partial charge in [-0.3, -0.25) is 0 Å². The van der Waals surface area contributed by atoms with Gasteiger partial charge in [0.2, 0.25) is 5.88 Å². The normalized spacial score (nSPS) is 10.6. The lowest BCUT2D eigenvalue weighted by Gasteiger charge is -2.23. The predicted molar refractivity (Wildman–Crippen MR) is 120 cm³/mol. The third kappa shape index (κ3) is 6.86. The molecule has 6 nitrogen and oxygen atoms in total. The highest BCUT2D eigenvalue weighted by Crippen LogP contribution is 2.19. The number of rotatable bonds is 10. The Balaban J connectivity index is 1.63. The van der Waals surface area contributed by atoms with Crippen molar-refractivity contribution in [2.75, 3.05) is 32.2 Å². The van der Waals surface area contributed by atoms with Gasteiger partial charge in [0.15, 0.2) is 0 Å². The van der Waals surface area contributed by atoms with Crippen molar-refractivity contribution >= 4 is 23.1 Å². The SMILES string of the molecule is COCCOc1ccc(NC(=O)N(CCc2ccccc2)Cc2ccc(C)s2)cn1. The topological polar surface area (TPSA) is 63.7 Å². The maximum atomic E-state index is 13.0. The van der Waals surface area contributed by atoms with Crippen LogP contribution >= 0.6 is 11.3 Å². The smallest absolute Gasteiger partial charge is 0.322 e. The summed E-state index contributed by atoms with van der Waals surface area (Å²) in [6.45, 7) is 4.20. The summed E-state index contributed by atoms with van der Waals surface area (Å²) < 4.78 is 10.4. The van der Waals surface area contributed by atoms with Crippen LogP contribution in [0, 0.1) is 6.92 Å². The van der Waals surface area contributed by atoms with E-state index in [2.05, 4.69) is 41.5 Å². The van der Waals surface area contributed by atoms with E-state index in [1.165, 1.54) is 10.4 Å². The number of carbonyl (C=O) groups excluding carboxylic acids is 1. The molecular weight excluding hydrogens is 398 g/mol. The molecule has 0 fully saturated rings. The van der Waals surface area contributed by atoms with Gasteiger partial charge in [-0.05, 0) is 37.1 Å². The zero-order valence-corrected chi connectivity index (χ0v) is 18.2. The highest BCUT2D eigenvalue weighted by Gasteiger charge is 2.15. The Kier molecular flexibility index (Phi) is 8.23. The molecule has 2 amide bonds. The number of nitrogens with zero attached hydrogens (tertiary/aromatic N) is 2. The van der Waals surface area contributed by atoms with E-state index in [-0.39, 0.29) is 6.03 Å². The molecule has 0 atom stereocenters. The molecule has 0 bridgehead atoms. The first-order chi connectivity index (χ1) is 14.6. The van der Waals surface area contributed by atoms with Gasteiger partial charge < -0.3 is 19.7 Å². The van der Waals surface area contributed by atoms with E-state index in [0.717, 1.165) is 11.3 Å². The molecule has 2 heterocycles. The second kappa shape index (κ2) is 11.3. The number of nitrogens with one attached hydrogen (secondary N) is 1. The number of carbonyl (C=O) groups is 1. The van der Waals surface area contributed by atoms with Crippen LogP contribution in [0.3, 0.4) is 0 Å². The molecule has 0 aliphatic carbocycles. The fourth-order valence-electron chi connectivity index (χ4n) is 2.89. The number of aromatic nitrogens is 1. The average molecular weight is 426 g/mol. The summed E-state index contributed by atoms with van der Waals surface area (Å²) >= 11 is 1.71. The summed E-state index contributed by atoms with van der Waals surface area (Å²) in [4.78, 5) is 21.5. The zero-order chi connectivity index (χ0) is 21.2. The minimum absolute atomic E-state index is 0.146. The summed E-state index contributed by atoms with van der Waals surface area (Å²) in [7, 11) is 1.62. The van der Waals surface area contributed by atoms with Crippen LogP contribution in [0.25, 0.3) is 0 Å². The van der Waals surface area contributed by atoms with Gasteiger partial charge in [0.05, 0.1) is 25.0 Å². The van der Waals surface area contributed by atoms with Crippen molar-refractivity contribution in [2.45, 2.75) is 19.9 Å². The highest BCUT2D eigenvalue weighted by molar-refractivity contribution is 7.11. The fraction of sp³-hybridized carbons (Fsp3) is 0.304. The van der Waals surface area contributed by atoms with Crippen LogP contribution in [-0.2, 0) is 17.7 Å². The number of urea groups is 1. The molecule has 0 saturated carbocycles. The molecule has 1 N–H and O–H groups in total. The largest absolute Gasteiger partial charge is 0.475 e. The lowest BCUT2D eigenvalue weighted by atomic mass is 10.1. The van der Waals surface area contributed by atoms with Crippen molar-refractivity contribution in [1.29, 1.82) is 0 Å². The van der Waals surface area contributed by atoms with Crippen molar-refractivity contribution < 1.29 is 14.3 Å². The molecule has 3 aromatic rings. The molecule has 0 aliphatic heterocycles.